The topological polar surface area (TPSA) is 42.0 Å². The van der Waals surface area contributed by atoms with Crippen molar-refractivity contribution >= 4 is 46.4 Å². The van der Waals surface area contributed by atoms with Crippen molar-refractivity contribution in [1.82, 2.24) is 4.98 Å². The van der Waals surface area contributed by atoms with E-state index in [4.69, 9.17) is 23.2 Å². The van der Waals surface area contributed by atoms with Crippen LogP contribution in [0.3, 0.4) is 0 Å². The summed E-state index contributed by atoms with van der Waals surface area (Å²) >= 11 is 12.0. The molecule has 94 valence electrons. The molecule has 2 aromatic rings. The third-order valence-corrected chi connectivity index (χ3v) is 3.69. The van der Waals surface area contributed by atoms with Crippen LogP contribution in [0.5, 0.6) is 0 Å². The normalized spacial score (nSPS) is 15.5. The van der Waals surface area contributed by atoms with Crippen molar-refractivity contribution in [2.45, 2.75) is 0 Å². The minimum absolute atomic E-state index is 0.184. The van der Waals surface area contributed by atoms with E-state index in [0.29, 0.717) is 21.3 Å². The maximum atomic E-state index is 12.0. The van der Waals surface area contributed by atoms with Crippen LogP contribution >= 0.6 is 23.2 Å². The van der Waals surface area contributed by atoms with Crippen molar-refractivity contribution in [2.75, 3.05) is 5.32 Å². The van der Waals surface area contributed by atoms with E-state index in [9.17, 15) is 4.79 Å². The van der Waals surface area contributed by atoms with Crippen molar-refractivity contribution in [3.05, 3.63) is 57.8 Å². The van der Waals surface area contributed by atoms with Crippen LogP contribution in [0.15, 0.2) is 36.7 Å². The van der Waals surface area contributed by atoms with E-state index in [1.165, 1.54) is 0 Å². The summed E-state index contributed by atoms with van der Waals surface area (Å²) in [4.78, 5) is 15.9. The Morgan fingerprint density at radius 3 is 2.58 bits per heavy atom. The zero-order chi connectivity index (χ0) is 13.4. The number of aromatic nitrogens is 1. The number of anilines is 1. The molecule has 1 aliphatic rings. The van der Waals surface area contributed by atoms with E-state index in [1.807, 2.05) is 12.1 Å². The van der Waals surface area contributed by atoms with Crippen molar-refractivity contribution < 1.29 is 4.79 Å². The molecule has 0 saturated carbocycles. The minimum Gasteiger partial charge on any atom is -0.320 e. The Morgan fingerprint density at radius 1 is 1.11 bits per heavy atom. The molecule has 3 nitrogen and oxygen atoms in total. The fourth-order valence-electron chi connectivity index (χ4n) is 1.97. The fraction of sp³-hybridized carbons (Fsp3) is 0. The summed E-state index contributed by atoms with van der Waals surface area (Å²) in [6, 6.07) is 7.13. The Morgan fingerprint density at radius 2 is 1.84 bits per heavy atom. The summed E-state index contributed by atoms with van der Waals surface area (Å²) in [5.74, 6) is -0.184. The zero-order valence-electron chi connectivity index (χ0n) is 9.65. The van der Waals surface area contributed by atoms with Crippen LogP contribution in [0.1, 0.15) is 11.1 Å². The number of fused-ring (bicyclic) bond motifs is 1. The first-order chi connectivity index (χ1) is 9.16. The lowest BCUT2D eigenvalue weighted by Gasteiger charge is -2.02. The fourth-order valence-corrected chi connectivity index (χ4v) is 2.34. The smallest absolute Gasteiger partial charge is 0.256 e. The number of hydrogen-bond donors (Lipinski definition) is 1. The highest BCUT2D eigenvalue weighted by atomic mass is 35.5. The van der Waals surface area contributed by atoms with Crippen LogP contribution in [0, 0.1) is 0 Å². The molecule has 0 atom stereocenters. The van der Waals surface area contributed by atoms with Crippen LogP contribution in [0.2, 0.25) is 10.0 Å². The van der Waals surface area contributed by atoms with Gasteiger partial charge in [-0.3, -0.25) is 9.78 Å². The number of hydrogen-bond acceptors (Lipinski definition) is 2. The van der Waals surface area contributed by atoms with Crippen molar-refractivity contribution in [1.29, 1.82) is 0 Å². The van der Waals surface area contributed by atoms with Gasteiger partial charge in [-0.25, -0.2) is 0 Å². The largest absolute Gasteiger partial charge is 0.320 e. The molecule has 1 aromatic heterocycles. The molecular weight excluding hydrogens is 283 g/mol. The van der Waals surface area contributed by atoms with E-state index in [1.54, 1.807) is 30.6 Å². The number of halogens is 2. The summed E-state index contributed by atoms with van der Waals surface area (Å²) in [6.45, 7) is 0. The van der Waals surface area contributed by atoms with E-state index in [0.717, 1.165) is 11.1 Å². The first-order valence-corrected chi connectivity index (χ1v) is 6.34. The zero-order valence-corrected chi connectivity index (χ0v) is 11.2. The molecule has 0 saturated heterocycles. The molecule has 3 rings (SSSR count). The van der Waals surface area contributed by atoms with Gasteiger partial charge in [0.15, 0.2) is 0 Å². The number of rotatable bonds is 1. The minimum atomic E-state index is -0.184. The number of benzene rings is 1. The van der Waals surface area contributed by atoms with Gasteiger partial charge in [-0.1, -0.05) is 29.3 Å². The van der Waals surface area contributed by atoms with Crippen molar-refractivity contribution in [2.24, 2.45) is 0 Å². The maximum absolute atomic E-state index is 12.0. The number of pyridine rings is 1. The number of carbonyl (C=O) groups excluding carboxylic acids is 1. The first kappa shape index (κ1) is 12.2. The van der Waals surface area contributed by atoms with E-state index in [2.05, 4.69) is 10.3 Å². The van der Waals surface area contributed by atoms with E-state index >= 15 is 0 Å². The third-order valence-electron chi connectivity index (χ3n) is 2.89. The van der Waals surface area contributed by atoms with Crippen LogP contribution in [-0.2, 0) is 4.79 Å². The molecule has 0 spiro atoms. The quantitative estimate of drug-likeness (QED) is 0.810. The monoisotopic (exact) mass is 290 g/mol. The maximum Gasteiger partial charge on any atom is 0.256 e. The molecule has 1 aliphatic heterocycles. The number of nitrogens with zero attached hydrogens (tertiary/aromatic N) is 1. The molecule has 1 N–H and O–H groups in total. The van der Waals surface area contributed by atoms with Crippen LogP contribution in [0.25, 0.3) is 11.6 Å². The molecule has 0 aliphatic carbocycles. The molecule has 19 heavy (non-hydrogen) atoms. The van der Waals surface area contributed by atoms with Crippen molar-refractivity contribution in [3.8, 4) is 0 Å². The lowest BCUT2D eigenvalue weighted by molar-refractivity contribution is -0.110. The molecule has 1 amide bonds. The average molecular weight is 291 g/mol. The highest BCUT2D eigenvalue weighted by Gasteiger charge is 2.27. The predicted octanol–water partition coefficient (Wildman–Crippen LogP) is 3.88. The van der Waals surface area contributed by atoms with E-state index in [-0.39, 0.29) is 5.91 Å². The first-order valence-electron chi connectivity index (χ1n) is 5.58. The van der Waals surface area contributed by atoms with Crippen LogP contribution in [0.4, 0.5) is 5.69 Å². The standard InChI is InChI=1S/C14H8Cl2N2O/c15-11-2-1-9-10(7-8-3-5-17-6-4-8)14(19)18-13(9)12(11)16/h1-7H,(H,18,19)/b10-7-. The highest BCUT2D eigenvalue weighted by molar-refractivity contribution is 6.47. The van der Waals surface area contributed by atoms with Crippen molar-refractivity contribution in [3.63, 3.8) is 0 Å². The van der Waals surface area contributed by atoms with E-state index < -0.39 is 0 Å². The van der Waals surface area contributed by atoms with Gasteiger partial charge in [0.05, 0.1) is 15.7 Å². The Labute approximate surface area is 119 Å². The SMILES string of the molecule is O=C1Nc2c(ccc(Cl)c2Cl)/C1=C/c1ccncc1. The molecule has 2 heterocycles. The second-order valence-electron chi connectivity index (χ2n) is 4.08. The summed E-state index contributed by atoms with van der Waals surface area (Å²) < 4.78 is 0. The lowest BCUT2D eigenvalue weighted by atomic mass is 10.0. The molecule has 5 heteroatoms. The van der Waals surface area contributed by atoms with Crippen LogP contribution in [-0.4, -0.2) is 10.9 Å². The van der Waals surface area contributed by atoms with Gasteiger partial charge in [-0.15, -0.1) is 0 Å². The average Bonchev–Trinajstić information content (AvgIpc) is 2.73. The number of nitrogens with one attached hydrogen (secondary N) is 1. The molecular formula is C14H8Cl2N2O. The molecule has 0 bridgehead atoms. The molecule has 0 unspecified atom stereocenters. The third kappa shape index (κ3) is 2.11. The summed E-state index contributed by atoms with van der Waals surface area (Å²) in [7, 11) is 0. The molecule has 0 radical (unpaired) electrons. The van der Waals surface area contributed by atoms with Gasteiger partial charge in [-0.05, 0) is 29.8 Å². The second kappa shape index (κ2) is 4.68. The van der Waals surface area contributed by atoms with Gasteiger partial charge in [0.25, 0.3) is 5.91 Å². The number of amides is 1. The van der Waals surface area contributed by atoms with Crippen LogP contribution < -0.4 is 5.32 Å². The predicted molar refractivity (Wildman–Crippen MR) is 77.2 cm³/mol. The van der Waals surface area contributed by atoms with Gasteiger partial charge in [0.1, 0.15) is 0 Å². The Balaban J connectivity index is 2.14. The van der Waals surface area contributed by atoms with Gasteiger partial charge in [0.2, 0.25) is 0 Å². The van der Waals surface area contributed by atoms with Gasteiger partial charge in [-0.2, -0.15) is 0 Å². The van der Waals surface area contributed by atoms with Gasteiger partial charge >= 0.3 is 0 Å². The molecule has 1 aromatic carbocycles. The summed E-state index contributed by atoms with van der Waals surface area (Å²) in [5.41, 5.74) is 2.80. The Hall–Kier alpha value is -1.84. The Kier molecular flexibility index (Phi) is 3.01. The molecule has 0 fully saturated rings. The Bertz CT molecular complexity index is 696. The lowest BCUT2D eigenvalue weighted by Crippen LogP contribution is -2.03. The second-order valence-corrected chi connectivity index (χ2v) is 4.86. The highest BCUT2D eigenvalue weighted by Crippen LogP contribution is 2.41. The number of carbonyl (C=O) groups is 1. The van der Waals surface area contributed by atoms with Gasteiger partial charge < -0.3 is 5.32 Å². The summed E-state index contributed by atoms with van der Waals surface area (Å²) in [6.07, 6.45) is 5.15. The van der Waals surface area contributed by atoms with Gasteiger partial charge in [0, 0.05) is 23.5 Å². The summed E-state index contributed by atoms with van der Waals surface area (Å²) in [5, 5.41) is 3.53.